The van der Waals surface area contributed by atoms with Gasteiger partial charge in [0.15, 0.2) is 12.4 Å². The molecule has 8 nitrogen and oxygen atoms in total. The summed E-state index contributed by atoms with van der Waals surface area (Å²) in [5.74, 6) is 0.761. The number of carboxylic acids is 1. The predicted molar refractivity (Wildman–Crippen MR) is 138 cm³/mol. The van der Waals surface area contributed by atoms with Crippen LogP contribution in [0.2, 0.25) is 0 Å². The highest BCUT2D eigenvalue weighted by atomic mass is 16.5. The molecule has 3 aromatic carbocycles. The van der Waals surface area contributed by atoms with E-state index in [0.29, 0.717) is 28.0 Å². The van der Waals surface area contributed by atoms with Gasteiger partial charge >= 0.3 is 5.97 Å². The van der Waals surface area contributed by atoms with Gasteiger partial charge in [-0.2, -0.15) is 9.78 Å². The van der Waals surface area contributed by atoms with Crippen molar-refractivity contribution in [2.24, 2.45) is 5.10 Å². The van der Waals surface area contributed by atoms with Gasteiger partial charge in [0.2, 0.25) is 0 Å². The molecule has 36 heavy (non-hydrogen) atoms. The Kier molecular flexibility index (Phi) is 7.44. The first kappa shape index (κ1) is 24.7. The van der Waals surface area contributed by atoms with Gasteiger partial charge < -0.3 is 14.6 Å². The van der Waals surface area contributed by atoms with Crippen LogP contribution in [0.15, 0.2) is 76.6 Å². The number of para-hydroxylation sites is 1. The van der Waals surface area contributed by atoms with Crippen LogP contribution in [0.5, 0.6) is 11.5 Å². The van der Waals surface area contributed by atoms with Crippen LogP contribution in [0.25, 0.3) is 10.9 Å². The van der Waals surface area contributed by atoms with Crippen LogP contribution >= 0.6 is 0 Å². The van der Waals surface area contributed by atoms with E-state index in [1.807, 2.05) is 19.1 Å². The summed E-state index contributed by atoms with van der Waals surface area (Å²) in [5.41, 5.74) is 3.12. The Balaban J connectivity index is 1.66. The third-order valence-corrected chi connectivity index (χ3v) is 5.53. The summed E-state index contributed by atoms with van der Waals surface area (Å²) < 4.78 is 12.6. The molecule has 0 radical (unpaired) electrons. The molecule has 4 aromatic rings. The van der Waals surface area contributed by atoms with Gasteiger partial charge in [-0.3, -0.25) is 4.79 Å². The molecular weight excluding hydrogens is 458 g/mol. The lowest BCUT2D eigenvalue weighted by atomic mass is 10.0. The number of aliphatic carboxylic acids is 1. The Morgan fingerprint density at radius 1 is 1.08 bits per heavy atom. The van der Waals surface area contributed by atoms with E-state index in [2.05, 4.69) is 36.1 Å². The summed E-state index contributed by atoms with van der Waals surface area (Å²) in [6.45, 7) is 5.84. The molecule has 8 heteroatoms. The third-order valence-electron chi connectivity index (χ3n) is 5.53. The van der Waals surface area contributed by atoms with Crippen molar-refractivity contribution in [2.45, 2.75) is 33.3 Å². The van der Waals surface area contributed by atoms with Crippen LogP contribution in [-0.4, -0.2) is 33.6 Å². The van der Waals surface area contributed by atoms with Crippen molar-refractivity contribution in [3.63, 3.8) is 0 Å². The summed E-state index contributed by atoms with van der Waals surface area (Å²) in [4.78, 5) is 28.6. The number of carbonyl (C=O) groups is 1. The molecule has 0 spiro atoms. The SMILES string of the molecule is Cc1ccc(C(C)C)c(OCc2nc3ccccc3c(=O)n2N=Cc2ccc(OCC(=O)O)cc2)c1. The van der Waals surface area contributed by atoms with E-state index in [1.165, 1.54) is 10.9 Å². The molecule has 0 aliphatic rings. The maximum atomic E-state index is 13.3. The first-order valence-electron chi connectivity index (χ1n) is 11.5. The highest BCUT2D eigenvalue weighted by Crippen LogP contribution is 2.28. The Morgan fingerprint density at radius 3 is 2.56 bits per heavy atom. The maximum absolute atomic E-state index is 13.3. The lowest BCUT2D eigenvalue weighted by molar-refractivity contribution is -0.139. The first-order valence-corrected chi connectivity index (χ1v) is 11.5. The fourth-order valence-electron chi connectivity index (χ4n) is 3.69. The minimum absolute atomic E-state index is 0.0581. The van der Waals surface area contributed by atoms with Crippen LogP contribution in [-0.2, 0) is 11.4 Å². The molecule has 0 saturated heterocycles. The van der Waals surface area contributed by atoms with E-state index < -0.39 is 12.6 Å². The molecule has 184 valence electrons. The van der Waals surface area contributed by atoms with E-state index in [-0.39, 0.29) is 18.1 Å². The number of hydrogen-bond donors (Lipinski definition) is 1. The number of fused-ring (bicyclic) bond motifs is 1. The Hall–Kier alpha value is -4.46. The van der Waals surface area contributed by atoms with Crippen molar-refractivity contribution in [1.82, 2.24) is 9.66 Å². The van der Waals surface area contributed by atoms with E-state index in [9.17, 15) is 9.59 Å². The number of aryl methyl sites for hydroxylation is 1. The van der Waals surface area contributed by atoms with E-state index >= 15 is 0 Å². The zero-order valence-electron chi connectivity index (χ0n) is 20.3. The normalized spacial score (nSPS) is 11.3. The van der Waals surface area contributed by atoms with Crippen LogP contribution in [0, 0.1) is 6.92 Å². The van der Waals surface area contributed by atoms with Crippen LogP contribution in [0.3, 0.4) is 0 Å². The molecule has 0 aliphatic carbocycles. The van der Waals surface area contributed by atoms with E-state index in [0.717, 1.165) is 16.9 Å². The average Bonchev–Trinajstić information content (AvgIpc) is 2.86. The molecule has 0 fully saturated rings. The van der Waals surface area contributed by atoms with Crippen molar-refractivity contribution >= 4 is 23.1 Å². The van der Waals surface area contributed by atoms with Crippen molar-refractivity contribution in [3.8, 4) is 11.5 Å². The van der Waals surface area contributed by atoms with Gasteiger partial charge in [-0.15, -0.1) is 0 Å². The second-order valence-corrected chi connectivity index (χ2v) is 8.64. The van der Waals surface area contributed by atoms with Crippen molar-refractivity contribution < 1.29 is 19.4 Å². The minimum Gasteiger partial charge on any atom is -0.485 e. The summed E-state index contributed by atoms with van der Waals surface area (Å²) in [7, 11) is 0. The van der Waals surface area contributed by atoms with Gasteiger partial charge in [0.25, 0.3) is 5.56 Å². The zero-order valence-corrected chi connectivity index (χ0v) is 20.3. The number of hydrogen-bond acceptors (Lipinski definition) is 6. The molecule has 4 rings (SSSR count). The monoisotopic (exact) mass is 485 g/mol. The number of ether oxygens (including phenoxy) is 2. The lowest BCUT2D eigenvalue weighted by Gasteiger charge is -2.16. The molecule has 0 aliphatic heterocycles. The molecular formula is C28H27N3O5. The summed E-state index contributed by atoms with van der Waals surface area (Å²) in [6, 6.07) is 19.9. The second kappa shape index (κ2) is 10.9. The molecule has 1 aromatic heterocycles. The maximum Gasteiger partial charge on any atom is 0.341 e. The van der Waals surface area contributed by atoms with Gasteiger partial charge in [0.1, 0.15) is 18.1 Å². The average molecular weight is 486 g/mol. The standard InChI is InChI=1S/C28H27N3O5/c1-18(2)22-13-8-19(3)14-25(22)36-16-26-30-24-7-5-4-6-23(24)28(34)31(26)29-15-20-9-11-21(12-10-20)35-17-27(32)33/h4-15,18H,16-17H2,1-3H3,(H,32,33). The molecule has 0 amide bonds. The molecule has 1 heterocycles. The van der Waals surface area contributed by atoms with E-state index in [1.54, 1.807) is 42.5 Å². The number of nitrogens with zero attached hydrogens (tertiary/aromatic N) is 3. The Labute approximate surface area is 208 Å². The number of aromatic nitrogens is 2. The van der Waals surface area contributed by atoms with Gasteiger partial charge in [-0.25, -0.2) is 9.78 Å². The number of carboxylic acid groups (broad SMARTS) is 1. The highest BCUT2D eigenvalue weighted by molar-refractivity contribution is 5.80. The third kappa shape index (κ3) is 5.78. The number of benzene rings is 3. The fourth-order valence-corrected chi connectivity index (χ4v) is 3.69. The summed E-state index contributed by atoms with van der Waals surface area (Å²) >= 11 is 0. The second-order valence-electron chi connectivity index (χ2n) is 8.64. The van der Waals surface area contributed by atoms with Crippen molar-refractivity contribution in [2.75, 3.05) is 6.61 Å². The molecule has 0 bridgehead atoms. The van der Waals surface area contributed by atoms with Gasteiger partial charge in [0, 0.05) is 0 Å². The van der Waals surface area contributed by atoms with Crippen molar-refractivity contribution in [1.29, 1.82) is 0 Å². The van der Waals surface area contributed by atoms with Gasteiger partial charge in [-0.05, 0) is 72.0 Å². The Morgan fingerprint density at radius 2 is 1.83 bits per heavy atom. The number of rotatable bonds is 9. The Bertz CT molecular complexity index is 1470. The van der Waals surface area contributed by atoms with Crippen LogP contribution in [0.1, 0.15) is 42.3 Å². The largest absolute Gasteiger partial charge is 0.485 e. The fraction of sp³-hybridized carbons (Fsp3) is 0.214. The molecule has 0 atom stereocenters. The predicted octanol–water partition coefficient (Wildman–Crippen LogP) is 4.75. The van der Waals surface area contributed by atoms with E-state index in [4.69, 9.17) is 14.6 Å². The smallest absolute Gasteiger partial charge is 0.341 e. The van der Waals surface area contributed by atoms with Crippen molar-refractivity contribution in [3.05, 3.63) is 99.6 Å². The zero-order chi connectivity index (χ0) is 25.7. The summed E-state index contributed by atoms with van der Waals surface area (Å²) in [6.07, 6.45) is 1.54. The topological polar surface area (TPSA) is 103 Å². The molecule has 0 unspecified atom stereocenters. The quantitative estimate of drug-likeness (QED) is 0.343. The molecule has 1 N–H and O–H groups in total. The highest BCUT2D eigenvalue weighted by Gasteiger charge is 2.14. The molecule has 0 saturated carbocycles. The minimum atomic E-state index is -1.05. The summed E-state index contributed by atoms with van der Waals surface area (Å²) in [5, 5.41) is 13.6. The lowest BCUT2D eigenvalue weighted by Crippen LogP contribution is -2.23. The van der Waals surface area contributed by atoms with Gasteiger partial charge in [0.05, 0.1) is 17.1 Å². The first-order chi connectivity index (χ1) is 17.3. The van der Waals surface area contributed by atoms with Crippen LogP contribution in [0.4, 0.5) is 0 Å². The van der Waals surface area contributed by atoms with Crippen LogP contribution < -0.4 is 15.0 Å². The van der Waals surface area contributed by atoms with Gasteiger partial charge in [-0.1, -0.05) is 38.1 Å².